The predicted molar refractivity (Wildman–Crippen MR) is 127 cm³/mol. The number of unbranched alkanes of at least 4 members (excludes halogenated alkanes) is 2. The van der Waals surface area contributed by atoms with Crippen LogP contribution >= 0.6 is 11.9 Å². The van der Waals surface area contributed by atoms with E-state index in [2.05, 4.69) is 44.6 Å². The largest absolute Gasteiger partial charge is 0.508 e. The third-order valence-electron chi connectivity index (χ3n) is 5.45. The van der Waals surface area contributed by atoms with Gasteiger partial charge in [-0.05, 0) is 76.5 Å². The van der Waals surface area contributed by atoms with Crippen LogP contribution in [0.2, 0.25) is 0 Å². The molecule has 1 amide bonds. The van der Waals surface area contributed by atoms with Crippen LogP contribution in [0, 0.1) is 0 Å². The lowest BCUT2D eigenvalue weighted by Crippen LogP contribution is -2.40. The van der Waals surface area contributed by atoms with E-state index in [9.17, 15) is 15.0 Å². The van der Waals surface area contributed by atoms with Gasteiger partial charge in [-0.1, -0.05) is 43.1 Å². The summed E-state index contributed by atoms with van der Waals surface area (Å²) < 4.78 is 8.05. The fraction of sp³-hybridized carbons (Fsp3) is 0.560. The lowest BCUT2D eigenvalue weighted by molar-refractivity contribution is -0.142. The summed E-state index contributed by atoms with van der Waals surface area (Å²) in [5.74, 6) is -0.0187. The molecule has 5 nitrogen and oxygen atoms in total. The third kappa shape index (κ3) is 7.93. The molecule has 0 radical (unpaired) electrons. The predicted octanol–water partition coefficient (Wildman–Crippen LogP) is 5.98. The fourth-order valence-electron chi connectivity index (χ4n) is 3.37. The molecule has 2 rings (SSSR count). The molecule has 1 fully saturated rings. The van der Waals surface area contributed by atoms with Crippen molar-refractivity contribution < 1.29 is 19.7 Å². The minimum absolute atomic E-state index is 0.0553. The number of amides is 1. The molecule has 0 bridgehead atoms. The number of benzene rings is 1. The first-order chi connectivity index (χ1) is 14.8. The summed E-state index contributed by atoms with van der Waals surface area (Å²) in [5, 5.41) is 21.6. The Morgan fingerprint density at radius 2 is 2.00 bits per heavy atom. The van der Waals surface area contributed by atoms with E-state index in [1.807, 2.05) is 0 Å². The van der Waals surface area contributed by atoms with Crippen LogP contribution in [-0.2, 0) is 22.4 Å². The minimum atomic E-state index is -0.402. The van der Waals surface area contributed by atoms with Gasteiger partial charge in [-0.3, -0.25) is 9.52 Å². The molecule has 1 aliphatic rings. The van der Waals surface area contributed by atoms with Crippen molar-refractivity contribution in [1.29, 1.82) is 0 Å². The van der Waals surface area contributed by atoms with Crippen molar-refractivity contribution in [2.75, 3.05) is 6.61 Å². The Balaban J connectivity index is 2.18. The molecule has 3 N–H and O–H groups in total. The van der Waals surface area contributed by atoms with E-state index in [1.54, 1.807) is 6.07 Å². The molecule has 0 aromatic heterocycles. The Bertz CT molecular complexity index is 808. The van der Waals surface area contributed by atoms with Crippen LogP contribution in [0.1, 0.15) is 77.3 Å². The van der Waals surface area contributed by atoms with Crippen molar-refractivity contribution in [2.45, 2.75) is 90.1 Å². The Kier molecular flexibility index (Phi) is 10.5. The highest BCUT2D eigenvalue weighted by Crippen LogP contribution is 2.40. The number of aryl methyl sites for hydroxylation is 1. The number of hydrogen-bond acceptors (Lipinski definition) is 5. The topological polar surface area (TPSA) is 78.8 Å². The normalized spacial score (nSPS) is 16.0. The Morgan fingerprint density at radius 1 is 1.26 bits per heavy atom. The van der Waals surface area contributed by atoms with Gasteiger partial charge in [0.05, 0.1) is 11.5 Å². The number of carbonyl (C=O) groups excluding carboxylic acids is 1. The second-order valence-electron chi connectivity index (χ2n) is 8.46. The summed E-state index contributed by atoms with van der Waals surface area (Å²) in [6, 6.07) is 1.74. The molecule has 1 aliphatic heterocycles. The maximum atomic E-state index is 12.2. The van der Waals surface area contributed by atoms with Gasteiger partial charge < -0.3 is 14.9 Å². The van der Waals surface area contributed by atoms with Crippen LogP contribution in [0.5, 0.6) is 11.5 Å². The molecule has 0 saturated carbocycles. The van der Waals surface area contributed by atoms with Crippen LogP contribution in [-0.4, -0.2) is 28.8 Å². The lowest BCUT2D eigenvalue weighted by Gasteiger charge is -2.25. The van der Waals surface area contributed by atoms with Gasteiger partial charge in [0.2, 0.25) is 0 Å². The van der Waals surface area contributed by atoms with Crippen molar-refractivity contribution in [3.8, 4) is 11.5 Å². The van der Waals surface area contributed by atoms with Gasteiger partial charge >= 0.3 is 0 Å². The van der Waals surface area contributed by atoms with Crippen LogP contribution < -0.4 is 4.72 Å². The number of allylic oxidation sites excluding steroid dienone is 4. The van der Waals surface area contributed by atoms with Crippen molar-refractivity contribution in [1.82, 2.24) is 4.72 Å². The van der Waals surface area contributed by atoms with E-state index in [4.69, 9.17) is 4.74 Å². The van der Waals surface area contributed by atoms with Gasteiger partial charge in [-0.15, -0.1) is 0 Å². The summed E-state index contributed by atoms with van der Waals surface area (Å²) in [6.45, 7) is 9.00. The Morgan fingerprint density at radius 3 is 2.61 bits per heavy atom. The summed E-state index contributed by atoms with van der Waals surface area (Å²) in [6.07, 6.45) is 10.8. The monoisotopic (exact) mass is 447 g/mol. The molecule has 1 aromatic carbocycles. The Labute approximate surface area is 191 Å². The molecule has 1 atom stereocenters. The number of nitrogens with one attached hydrogen (secondary N) is 1. The summed E-state index contributed by atoms with van der Waals surface area (Å²) in [7, 11) is 0. The average molecular weight is 448 g/mol. The smallest absolute Gasteiger partial charge is 0.259 e. The molecule has 0 spiro atoms. The third-order valence-corrected chi connectivity index (χ3v) is 6.42. The highest BCUT2D eigenvalue weighted by atomic mass is 32.2. The number of phenolic OH excluding ortho intramolecular Hbond substituents is 2. The molecule has 1 aromatic rings. The highest BCUT2D eigenvalue weighted by molar-refractivity contribution is 7.98. The van der Waals surface area contributed by atoms with E-state index < -0.39 is 6.10 Å². The number of phenols is 2. The molecule has 1 saturated heterocycles. The number of ether oxygens (including phenoxy) is 1. The fourth-order valence-corrected chi connectivity index (χ4v) is 4.22. The zero-order valence-electron chi connectivity index (χ0n) is 19.3. The van der Waals surface area contributed by atoms with Crippen LogP contribution in [0.3, 0.4) is 0 Å². The van der Waals surface area contributed by atoms with Gasteiger partial charge in [-0.2, -0.15) is 0 Å². The van der Waals surface area contributed by atoms with Crippen LogP contribution in [0.4, 0.5) is 0 Å². The van der Waals surface area contributed by atoms with Gasteiger partial charge in [-0.25, -0.2) is 0 Å². The average Bonchev–Trinajstić information content (AvgIpc) is 2.65. The van der Waals surface area contributed by atoms with Crippen molar-refractivity contribution in [2.24, 2.45) is 0 Å². The van der Waals surface area contributed by atoms with Gasteiger partial charge in [0.25, 0.3) is 5.91 Å². The SMILES string of the molecule is CCCCCc1cc(O)c(C/C=C(\C)CCC=C(C)C)c(O)c1SNC(=O)C1CCO1. The lowest BCUT2D eigenvalue weighted by atomic mass is 10.00. The molecule has 1 unspecified atom stereocenters. The molecule has 6 heteroatoms. The standard InChI is InChI=1S/C25H37NO4S/c1-5-6-7-11-19-16-21(27)20(13-12-18(4)10-8-9-17(2)3)23(28)24(19)31-26-25(29)22-14-15-30-22/h9,12,16,22,27-28H,5-8,10-11,13-15H2,1-4H3,(H,26,29)/b18-12+. The van der Waals surface area contributed by atoms with Gasteiger partial charge in [0.1, 0.15) is 17.6 Å². The van der Waals surface area contributed by atoms with Crippen LogP contribution in [0.25, 0.3) is 0 Å². The maximum absolute atomic E-state index is 12.2. The quantitative estimate of drug-likeness (QED) is 0.209. The van der Waals surface area contributed by atoms with Crippen molar-refractivity contribution in [3.63, 3.8) is 0 Å². The highest BCUT2D eigenvalue weighted by Gasteiger charge is 2.27. The zero-order valence-corrected chi connectivity index (χ0v) is 20.1. The molecular weight excluding hydrogens is 410 g/mol. The van der Waals surface area contributed by atoms with E-state index in [0.717, 1.165) is 62.5 Å². The first-order valence-electron chi connectivity index (χ1n) is 11.3. The zero-order chi connectivity index (χ0) is 22.8. The maximum Gasteiger partial charge on any atom is 0.259 e. The molecule has 1 heterocycles. The van der Waals surface area contributed by atoms with Crippen molar-refractivity contribution in [3.05, 3.63) is 40.5 Å². The van der Waals surface area contributed by atoms with E-state index in [1.165, 1.54) is 11.1 Å². The minimum Gasteiger partial charge on any atom is -0.508 e. The number of carbonyl (C=O) groups is 1. The van der Waals surface area contributed by atoms with E-state index in [-0.39, 0.29) is 17.4 Å². The number of hydrogen-bond donors (Lipinski definition) is 3. The molecule has 0 aliphatic carbocycles. The van der Waals surface area contributed by atoms with Gasteiger partial charge in [0.15, 0.2) is 0 Å². The summed E-state index contributed by atoms with van der Waals surface area (Å²) in [4.78, 5) is 12.8. The van der Waals surface area contributed by atoms with Gasteiger partial charge in [0, 0.05) is 12.0 Å². The Hall–Kier alpha value is -1.92. The molecular formula is C25H37NO4S. The molecule has 172 valence electrons. The number of rotatable bonds is 12. The second kappa shape index (κ2) is 12.8. The van der Waals surface area contributed by atoms with E-state index in [0.29, 0.717) is 23.5 Å². The summed E-state index contributed by atoms with van der Waals surface area (Å²) >= 11 is 1.12. The number of aromatic hydroxyl groups is 2. The van der Waals surface area contributed by atoms with Crippen molar-refractivity contribution >= 4 is 17.9 Å². The van der Waals surface area contributed by atoms with Crippen LogP contribution in [0.15, 0.2) is 34.3 Å². The first kappa shape index (κ1) is 25.3. The first-order valence-corrected chi connectivity index (χ1v) is 12.1. The second-order valence-corrected chi connectivity index (χ2v) is 9.28. The molecule has 31 heavy (non-hydrogen) atoms. The summed E-state index contributed by atoms with van der Waals surface area (Å²) in [5.41, 5.74) is 3.87. The van der Waals surface area contributed by atoms with E-state index >= 15 is 0 Å².